The highest BCUT2D eigenvalue weighted by Gasteiger charge is 2.79. The third-order valence-electron chi connectivity index (χ3n) is 10.6. The summed E-state index contributed by atoms with van der Waals surface area (Å²) in [6.45, 7) is 8.11. The summed E-state index contributed by atoms with van der Waals surface area (Å²) in [6, 6.07) is 0. The number of esters is 3. The fourth-order valence-corrected chi connectivity index (χ4v) is 8.68. The molecule has 0 bridgehead atoms. The number of hydrogen-bond donors (Lipinski definition) is 3. The normalized spacial score (nSPS) is 41.7. The van der Waals surface area contributed by atoms with Crippen molar-refractivity contribution in [3.05, 3.63) is 23.0 Å². The molecule has 5 aliphatic rings. The molecule has 12 heteroatoms. The maximum absolute atomic E-state index is 13.6. The minimum atomic E-state index is -2.88. The molecule has 0 aromatic heterocycles. The van der Waals surface area contributed by atoms with Crippen molar-refractivity contribution in [3.8, 4) is 0 Å². The maximum atomic E-state index is 13.6. The lowest BCUT2D eigenvalue weighted by molar-refractivity contribution is -0.329. The fraction of sp³-hybridized carbons (Fsp3) is 0.710. The Morgan fingerprint density at radius 2 is 1.74 bits per heavy atom. The van der Waals surface area contributed by atoms with Crippen LogP contribution in [-0.2, 0) is 42.9 Å². The highest BCUT2D eigenvalue weighted by atomic mass is 16.6. The Morgan fingerprint density at radius 1 is 1.09 bits per heavy atom. The predicted molar refractivity (Wildman–Crippen MR) is 145 cm³/mol. The average molecular weight is 605 g/mol. The fourth-order valence-electron chi connectivity index (χ4n) is 8.68. The van der Waals surface area contributed by atoms with Gasteiger partial charge in [0.1, 0.15) is 18.8 Å². The first-order valence-electron chi connectivity index (χ1n) is 14.7. The number of methoxy groups -OCH3 is 1. The van der Waals surface area contributed by atoms with E-state index in [-0.39, 0.29) is 36.9 Å². The molecule has 5 rings (SSSR count). The first-order chi connectivity index (χ1) is 20.0. The van der Waals surface area contributed by atoms with E-state index in [9.17, 15) is 39.3 Å². The quantitative estimate of drug-likeness (QED) is 0.213. The number of allylic oxidation sites excluding steroid dienone is 3. The van der Waals surface area contributed by atoms with E-state index in [1.807, 2.05) is 0 Å². The lowest BCUT2D eigenvalue weighted by Gasteiger charge is -2.69. The highest BCUT2D eigenvalue weighted by molar-refractivity contribution is 5.97. The van der Waals surface area contributed by atoms with E-state index < -0.39 is 82.3 Å². The Bertz CT molecular complexity index is 1320. The molecule has 1 aliphatic heterocycles. The first-order valence-corrected chi connectivity index (χ1v) is 14.7. The Hall–Kier alpha value is -3.09. The number of ketones is 2. The number of Topliss-reactive ketones (excluding diaryl/α,β-unsaturated/α-hetero) is 2. The van der Waals surface area contributed by atoms with Crippen molar-refractivity contribution in [1.29, 1.82) is 0 Å². The predicted octanol–water partition coefficient (Wildman–Crippen LogP) is 0.937. The topological polar surface area (TPSA) is 183 Å². The van der Waals surface area contributed by atoms with Crippen LogP contribution in [0.1, 0.15) is 60.3 Å². The van der Waals surface area contributed by atoms with E-state index in [1.54, 1.807) is 34.6 Å². The number of hydrogen-bond acceptors (Lipinski definition) is 12. The minimum absolute atomic E-state index is 0.0509. The van der Waals surface area contributed by atoms with Crippen LogP contribution in [0.15, 0.2) is 23.0 Å². The molecule has 12 nitrogen and oxygen atoms in total. The maximum Gasteiger partial charge on any atom is 0.348 e. The summed E-state index contributed by atoms with van der Waals surface area (Å²) in [6.07, 6.45) is -4.16. The molecule has 4 aliphatic carbocycles. The number of fused-ring (bicyclic) bond motifs is 2. The lowest BCUT2D eigenvalue weighted by atomic mass is 9.37. The molecular formula is C31H40O12. The smallest absolute Gasteiger partial charge is 0.348 e. The van der Waals surface area contributed by atoms with Crippen molar-refractivity contribution in [2.45, 2.75) is 90.3 Å². The number of aliphatic hydroxyl groups excluding tert-OH is 2. The highest BCUT2D eigenvalue weighted by Crippen LogP contribution is 2.69. The third-order valence-corrected chi connectivity index (χ3v) is 10.6. The van der Waals surface area contributed by atoms with Gasteiger partial charge in [0.25, 0.3) is 0 Å². The zero-order valence-electron chi connectivity index (χ0n) is 25.2. The third kappa shape index (κ3) is 4.55. The van der Waals surface area contributed by atoms with Crippen molar-refractivity contribution in [1.82, 2.24) is 0 Å². The van der Waals surface area contributed by atoms with Gasteiger partial charge in [-0.3, -0.25) is 9.59 Å². The van der Waals surface area contributed by atoms with Crippen molar-refractivity contribution in [2.24, 2.45) is 34.5 Å². The van der Waals surface area contributed by atoms with Crippen molar-refractivity contribution >= 4 is 29.5 Å². The van der Waals surface area contributed by atoms with Crippen LogP contribution in [0.25, 0.3) is 0 Å². The number of rotatable bonds is 7. The summed E-state index contributed by atoms with van der Waals surface area (Å²) in [5.74, 6) is -6.91. The number of aliphatic hydroxyl groups is 3. The molecule has 1 unspecified atom stereocenters. The molecule has 0 radical (unpaired) electrons. The Morgan fingerprint density at radius 3 is 2.33 bits per heavy atom. The van der Waals surface area contributed by atoms with Gasteiger partial charge in [0.15, 0.2) is 22.9 Å². The summed E-state index contributed by atoms with van der Waals surface area (Å²) in [5, 5.41) is 35.2. The van der Waals surface area contributed by atoms with Crippen molar-refractivity contribution < 1.29 is 58.2 Å². The van der Waals surface area contributed by atoms with Crippen LogP contribution in [-0.4, -0.2) is 88.5 Å². The SMILES string of the molecule is COC(=O)[C@@]1(O)[C@@H](O)[C@H](O)C2[C@@]3(C)[C@@H](C[C@H]4C(C)=C(OCC(=O)C5CC5)C(=O)C[C@]24C)OC(=O)[C@H](OC(=O)C=C(C)C)[C@@H]13. The van der Waals surface area contributed by atoms with Gasteiger partial charge in [-0.2, -0.15) is 0 Å². The molecular weight excluding hydrogens is 564 g/mol. The second kappa shape index (κ2) is 10.5. The summed E-state index contributed by atoms with van der Waals surface area (Å²) >= 11 is 0. The van der Waals surface area contributed by atoms with Gasteiger partial charge < -0.3 is 34.3 Å². The molecule has 43 heavy (non-hydrogen) atoms. The van der Waals surface area contributed by atoms with Gasteiger partial charge in [-0.05, 0) is 56.9 Å². The van der Waals surface area contributed by atoms with E-state index in [2.05, 4.69) is 0 Å². The van der Waals surface area contributed by atoms with E-state index >= 15 is 0 Å². The molecule has 3 N–H and O–H groups in total. The number of ether oxygens (including phenoxy) is 4. The molecule has 1 saturated heterocycles. The summed E-state index contributed by atoms with van der Waals surface area (Å²) < 4.78 is 22.0. The second-order valence-electron chi connectivity index (χ2n) is 13.5. The summed E-state index contributed by atoms with van der Waals surface area (Å²) in [5.41, 5.74) is -4.38. The second-order valence-corrected chi connectivity index (χ2v) is 13.5. The Labute approximate surface area is 249 Å². The molecule has 0 amide bonds. The molecule has 1 heterocycles. The number of carbonyl (C=O) groups is 5. The van der Waals surface area contributed by atoms with Gasteiger partial charge in [0.2, 0.25) is 6.10 Å². The average Bonchev–Trinajstić information content (AvgIpc) is 3.76. The largest absolute Gasteiger partial charge is 0.482 e. The molecule has 4 fully saturated rings. The van der Waals surface area contributed by atoms with Crippen LogP contribution in [0.4, 0.5) is 0 Å². The van der Waals surface area contributed by atoms with Gasteiger partial charge in [0.05, 0.1) is 19.1 Å². The van der Waals surface area contributed by atoms with Gasteiger partial charge in [0, 0.05) is 29.7 Å². The molecule has 10 atom stereocenters. The van der Waals surface area contributed by atoms with E-state index in [1.165, 1.54) is 0 Å². The van der Waals surface area contributed by atoms with E-state index in [0.717, 1.165) is 26.0 Å². The van der Waals surface area contributed by atoms with Crippen LogP contribution < -0.4 is 0 Å². The van der Waals surface area contributed by atoms with Crippen LogP contribution in [0.3, 0.4) is 0 Å². The molecule has 236 valence electrons. The molecule has 0 aromatic rings. The Balaban J connectivity index is 1.63. The molecule has 0 spiro atoms. The van der Waals surface area contributed by atoms with Crippen LogP contribution >= 0.6 is 0 Å². The monoisotopic (exact) mass is 604 g/mol. The van der Waals surface area contributed by atoms with Crippen molar-refractivity contribution in [2.75, 3.05) is 13.7 Å². The first kappa shape index (κ1) is 31.3. The van der Waals surface area contributed by atoms with E-state index in [4.69, 9.17) is 18.9 Å². The molecule has 0 aromatic carbocycles. The van der Waals surface area contributed by atoms with Crippen molar-refractivity contribution in [3.63, 3.8) is 0 Å². The zero-order chi connectivity index (χ0) is 31.8. The number of carbonyl (C=O) groups excluding carboxylic acids is 5. The van der Waals surface area contributed by atoms with Gasteiger partial charge in [-0.15, -0.1) is 0 Å². The van der Waals surface area contributed by atoms with Gasteiger partial charge in [-0.1, -0.05) is 19.4 Å². The van der Waals surface area contributed by atoms with Crippen LogP contribution in [0, 0.1) is 34.5 Å². The van der Waals surface area contributed by atoms with Gasteiger partial charge >= 0.3 is 17.9 Å². The summed E-state index contributed by atoms with van der Waals surface area (Å²) in [4.78, 5) is 65.4. The van der Waals surface area contributed by atoms with E-state index in [0.29, 0.717) is 11.1 Å². The van der Waals surface area contributed by atoms with Crippen LogP contribution in [0.5, 0.6) is 0 Å². The minimum Gasteiger partial charge on any atom is -0.482 e. The Kier molecular flexibility index (Phi) is 7.67. The lowest BCUT2D eigenvalue weighted by Crippen LogP contribution is -2.81. The van der Waals surface area contributed by atoms with Gasteiger partial charge in [-0.25, -0.2) is 14.4 Å². The standard InChI is InChI=1S/C31H40O12/c1-13(2)9-20(34)43-23-25-30(5)19(42-27(23)37)10-16-14(3)22(41-12-18(33)15-7-8-15)17(32)11-29(16,4)24(30)21(35)26(36)31(25,39)28(38)40-6/h9,15-16,19,21,23-26,35-36,39H,7-8,10-12H2,1-6H3/t16-,19+,21+,23+,24?,25+,26-,29-,30+,31-/m0/s1. The van der Waals surface area contributed by atoms with Crippen LogP contribution in [0.2, 0.25) is 0 Å². The molecule has 3 saturated carbocycles. The summed E-state index contributed by atoms with van der Waals surface area (Å²) in [7, 11) is 0.984. The zero-order valence-corrected chi connectivity index (χ0v) is 25.2.